The molecular formula is C19H14FN5O2S2. The third kappa shape index (κ3) is 4.39. The van der Waals surface area contributed by atoms with Crippen molar-refractivity contribution in [1.82, 2.24) is 9.97 Å². The second kappa shape index (κ2) is 7.94. The number of hydrogen-bond acceptors (Lipinski definition) is 6. The summed E-state index contributed by atoms with van der Waals surface area (Å²) in [7, 11) is 0. The number of thiazole rings is 2. The van der Waals surface area contributed by atoms with Crippen LogP contribution >= 0.6 is 22.7 Å². The highest BCUT2D eigenvalue weighted by molar-refractivity contribution is 7.22. The van der Waals surface area contributed by atoms with Gasteiger partial charge in [0.2, 0.25) is 0 Å². The topological polar surface area (TPSA) is 96.0 Å². The molecule has 0 spiro atoms. The summed E-state index contributed by atoms with van der Waals surface area (Å²) in [5.74, 6) is -0.735. The maximum absolute atomic E-state index is 12.9. The van der Waals surface area contributed by atoms with Crippen LogP contribution in [0.1, 0.15) is 15.4 Å². The minimum absolute atomic E-state index is 0.275. The first-order valence-corrected chi connectivity index (χ1v) is 10.1. The van der Waals surface area contributed by atoms with Crippen molar-refractivity contribution in [1.29, 1.82) is 0 Å². The number of hydrogen-bond donors (Lipinski definition) is 3. The van der Waals surface area contributed by atoms with Gasteiger partial charge in [-0.3, -0.25) is 15.4 Å². The second-order valence-electron chi connectivity index (χ2n) is 5.96. The molecule has 10 heteroatoms. The molecule has 2 aromatic carbocycles. The maximum atomic E-state index is 12.9. The Balaban J connectivity index is 1.43. The number of nitrogens with one attached hydrogen (secondary N) is 3. The van der Waals surface area contributed by atoms with E-state index < -0.39 is 11.8 Å². The van der Waals surface area contributed by atoms with Gasteiger partial charge in [0.25, 0.3) is 5.91 Å². The Morgan fingerprint density at radius 3 is 2.38 bits per heavy atom. The van der Waals surface area contributed by atoms with E-state index in [1.165, 1.54) is 35.6 Å². The Morgan fingerprint density at radius 2 is 1.62 bits per heavy atom. The standard InChI is InChI=1S/C19H14FN5O2S2/c1-10-15(16(26)24-19-23-13-4-2-3-5-14(13)28-19)29-18(21-10)25-17(27)22-12-8-6-11(20)7-9-12/h2-9H,1H3,(H,23,24,26)(H2,21,22,25,27). The van der Waals surface area contributed by atoms with Crippen molar-refractivity contribution in [2.75, 3.05) is 16.0 Å². The zero-order valence-corrected chi connectivity index (χ0v) is 16.7. The number of amides is 3. The van der Waals surface area contributed by atoms with E-state index in [2.05, 4.69) is 25.9 Å². The molecule has 0 aliphatic carbocycles. The lowest BCUT2D eigenvalue weighted by Crippen LogP contribution is -2.19. The Bertz CT molecular complexity index is 1170. The molecule has 0 aliphatic rings. The lowest BCUT2D eigenvalue weighted by molar-refractivity contribution is 0.103. The summed E-state index contributed by atoms with van der Waals surface area (Å²) in [6.45, 7) is 1.69. The number of urea groups is 1. The predicted molar refractivity (Wildman–Crippen MR) is 113 cm³/mol. The maximum Gasteiger partial charge on any atom is 0.325 e. The van der Waals surface area contributed by atoms with Gasteiger partial charge in [0.15, 0.2) is 10.3 Å². The largest absolute Gasteiger partial charge is 0.325 e. The second-order valence-corrected chi connectivity index (χ2v) is 7.99. The van der Waals surface area contributed by atoms with Crippen LogP contribution in [0, 0.1) is 12.7 Å². The number of anilines is 3. The van der Waals surface area contributed by atoms with Gasteiger partial charge in [-0.05, 0) is 43.3 Å². The van der Waals surface area contributed by atoms with Crippen molar-refractivity contribution in [2.45, 2.75) is 6.92 Å². The van der Waals surface area contributed by atoms with Gasteiger partial charge in [-0.25, -0.2) is 19.2 Å². The number of carbonyl (C=O) groups excluding carboxylic acids is 2. The summed E-state index contributed by atoms with van der Waals surface area (Å²) in [6.07, 6.45) is 0. The third-order valence-electron chi connectivity index (χ3n) is 3.84. The Hall–Kier alpha value is -3.37. The van der Waals surface area contributed by atoms with Gasteiger partial charge in [-0.1, -0.05) is 34.8 Å². The van der Waals surface area contributed by atoms with Crippen LogP contribution in [-0.2, 0) is 0 Å². The molecule has 4 rings (SSSR count). The molecule has 2 heterocycles. The van der Waals surface area contributed by atoms with Gasteiger partial charge in [-0.2, -0.15) is 0 Å². The summed E-state index contributed by atoms with van der Waals surface area (Å²) in [5, 5.41) is 8.69. The van der Waals surface area contributed by atoms with Crippen LogP contribution in [-0.4, -0.2) is 21.9 Å². The quantitative estimate of drug-likeness (QED) is 0.422. The van der Waals surface area contributed by atoms with Crippen LogP contribution in [0.2, 0.25) is 0 Å². The fraction of sp³-hybridized carbons (Fsp3) is 0.0526. The number of aryl methyl sites for hydroxylation is 1. The minimum atomic E-state index is -0.538. The summed E-state index contributed by atoms with van der Waals surface area (Å²) >= 11 is 2.44. The summed E-state index contributed by atoms with van der Waals surface area (Å²) in [5.41, 5.74) is 1.74. The number of nitrogens with zero attached hydrogens (tertiary/aromatic N) is 2. The smallest absolute Gasteiger partial charge is 0.308 e. The van der Waals surface area contributed by atoms with Crippen molar-refractivity contribution in [2.24, 2.45) is 0 Å². The molecule has 2 aromatic heterocycles. The molecule has 0 saturated heterocycles. The van der Waals surface area contributed by atoms with E-state index in [1.54, 1.807) is 6.92 Å². The molecule has 0 bridgehead atoms. The van der Waals surface area contributed by atoms with Crippen LogP contribution in [0.3, 0.4) is 0 Å². The first kappa shape index (κ1) is 19.0. The predicted octanol–water partition coefficient (Wildman–Crippen LogP) is 5.10. The normalized spacial score (nSPS) is 10.7. The zero-order valence-electron chi connectivity index (χ0n) is 15.0. The van der Waals surface area contributed by atoms with E-state index in [4.69, 9.17) is 0 Å². The molecule has 4 aromatic rings. The summed E-state index contributed by atoms with van der Waals surface area (Å²) in [6, 6.07) is 12.4. The van der Waals surface area contributed by atoms with Crippen LogP contribution in [0.4, 0.5) is 25.1 Å². The number of benzene rings is 2. The highest BCUT2D eigenvalue weighted by Crippen LogP contribution is 2.28. The fourth-order valence-corrected chi connectivity index (χ4v) is 4.25. The highest BCUT2D eigenvalue weighted by atomic mass is 32.1. The number of carbonyl (C=O) groups is 2. The van der Waals surface area contributed by atoms with E-state index in [1.807, 2.05) is 24.3 Å². The van der Waals surface area contributed by atoms with E-state index in [-0.39, 0.29) is 11.0 Å². The first-order valence-electron chi connectivity index (χ1n) is 8.46. The summed E-state index contributed by atoms with van der Waals surface area (Å²) in [4.78, 5) is 33.7. The van der Waals surface area contributed by atoms with Gasteiger partial charge >= 0.3 is 6.03 Å². The number of para-hydroxylation sites is 1. The molecule has 29 heavy (non-hydrogen) atoms. The van der Waals surface area contributed by atoms with Gasteiger partial charge in [-0.15, -0.1) is 0 Å². The lowest BCUT2D eigenvalue weighted by Gasteiger charge is -2.04. The van der Waals surface area contributed by atoms with Crippen molar-refractivity contribution < 1.29 is 14.0 Å². The Labute approximate surface area is 172 Å². The number of fused-ring (bicyclic) bond motifs is 1. The molecule has 0 fully saturated rings. The zero-order chi connectivity index (χ0) is 20.4. The van der Waals surface area contributed by atoms with Gasteiger partial charge in [0.1, 0.15) is 10.7 Å². The van der Waals surface area contributed by atoms with Crippen molar-refractivity contribution in [3.8, 4) is 0 Å². The van der Waals surface area contributed by atoms with Crippen molar-refractivity contribution in [3.63, 3.8) is 0 Å². The first-order chi connectivity index (χ1) is 14.0. The van der Waals surface area contributed by atoms with E-state index in [9.17, 15) is 14.0 Å². The monoisotopic (exact) mass is 427 g/mol. The average molecular weight is 427 g/mol. The number of aromatic nitrogens is 2. The van der Waals surface area contributed by atoms with Gasteiger partial charge in [0.05, 0.1) is 15.9 Å². The van der Waals surface area contributed by atoms with E-state index >= 15 is 0 Å². The lowest BCUT2D eigenvalue weighted by atomic mass is 10.3. The molecule has 0 radical (unpaired) electrons. The third-order valence-corrected chi connectivity index (χ3v) is 5.86. The molecule has 3 amide bonds. The average Bonchev–Trinajstić information content (AvgIpc) is 3.25. The molecule has 146 valence electrons. The van der Waals surface area contributed by atoms with Gasteiger partial charge < -0.3 is 5.32 Å². The molecule has 0 unspecified atom stereocenters. The fourth-order valence-electron chi connectivity index (χ4n) is 2.53. The SMILES string of the molecule is Cc1nc(NC(=O)Nc2ccc(F)cc2)sc1C(=O)Nc1nc2ccccc2s1. The number of halogens is 1. The van der Waals surface area contributed by atoms with Crippen LogP contribution in [0.5, 0.6) is 0 Å². The molecule has 3 N–H and O–H groups in total. The molecule has 0 atom stereocenters. The molecule has 7 nitrogen and oxygen atoms in total. The van der Waals surface area contributed by atoms with Crippen molar-refractivity contribution in [3.05, 3.63) is 64.9 Å². The van der Waals surface area contributed by atoms with E-state index in [0.717, 1.165) is 21.6 Å². The molecule has 0 aliphatic heterocycles. The Kier molecular flexibility index (Phi) is 5.19. The minimum Gasteiger partial charge on any atom is -0.308 e. The number of rotatable bonds is 4. The van der Waals surface area contributed by atoms with Crippen LogP contribution in [0.25, 0.3) is 10.2 Å². The van der Waals surface area contributed by atoms with E-state index in [0.29, 0.717) is 21.4 Å². The molecule has 0 saturated carbocycles. The Morgan fingerprint density at radius 1 is 0.897 bits per heavy atom. The van der Waals surface area contributed by atoms with Crippen molar-refractivity contribution >= 4 is 60.8 Å². The van der Waals surface area contributed by atoms with Gasteiger partial charge in [0, 0.05) is 5.69 Å². The van der Waals surface area contributed by atoms with Crippen LogP contribution in [0.15, 0.2) is 48.5 Å². The highest BCUT2D eigenvalue weighted by Gasteiger charge is 2.18. The van der Waals surface area contributed by atoms with Crippen LogP contribution < -0.4 is 16.0 Å². The molecular weight excluding hydrogens is 413 g/mol. The summed E-state index contributed by atoms with van der Waals surface area (Å²) < 4.78 is 13.9.